The summed E-state index contributed by atoms with van der Waals surface area (Å²) in [7, 11) is 0. The van der Waals surface area contributed by atoms with Gasteiger partial charge in [0.05, 0.1) is 11.0 Å². The highest BCUT2D eigenvalue weighted by Gasteiger charge is 2.25. The van der Waals surface area contributed by atoms with Crippen LogP contribution in [0.5, 0.6) is 0 Å². The fraction of sp³-hybridized carbons (Fsp3) is 0.0536. The molecule has 286 valence electrons. The number of anilines is 6. The predicted octanol–water partition coefficient (Wildman–Crippen LogP) is 15.5. The number of allylic oxidation sites excluding steroid dienone is 4. The zero-order chi connectivity index (χ0) is 40.0. The quantitative estimate of drug-likeness (QED) is 0.144. The Labute approximate surface area is 350 Å². The van der Waals surface area contributed by atoms with Gasteiger partial charge < -0.3 is 9.80 Å². The van der Waals surface area contributed by atoms with E-state index in [0.29, 0.717) is 5.92 Å². The average Bonchev–Trinajstić information content (AvgIpc) is 3.72. The summed E-state index contributed by atoms with van der Waals surface area (Å²) >= 11 is 0. The standard InChI is InChI=1S/C56H42N4/c1-39-29-31-45(32-30-39)60-55-53-38-47(59(43-23-10-4-11-24-43)44-25-12-5-13-26-44)34-36-50(53)49-35-33-46(58(41-19-6-2-7-20-41)42-21-8-3-9-22-42)37-52(49)54(55)57-56(60)51-28-16-18-40-17-14-15-27-48(40)51/h2-29,31-39H,30H2,1H3. The minimum atomic E-state index is 0.462. The molecule has 1 atom stereocenters. The maximum atomic E-state index is 5.80. The van der Waals surface area contributed by atoms with E-state index in [9.17, 15) is 0 Å². The SMILES string of the molecule is CC1C=CC(n2c(-c3cccc4ccccc34)nc3c4cc(N(c5ccccc5)c5ccccc5)ccc4c4ccc(N(c5ccccc5)c5ccccc5)cc4c32)=CC1. The Bertz CT molecular complexity index is 3160. The van der Waals surface area contributed by atoms with E-state index in [2.05, 4.69) is 240 Å². The molecular weight excluding hydrogens is 729 g/mol. The minimum absolute atomic E-state index is 0.462. The molecule has 9 aromatic carbocycles. The van der Waals surface area contributed by atoms with Crippen LogP contribution < -0.4 is 9.80 Å². The summed E-state index contributed by atoms with van der Waals surface area (Å²) in [5.41, 5.74) is 10.9. The van der Waals surface area contributed by atoms with Crippen molar-refractivity contribution >= 4 is 83.2 Å². The molecule has 0 amide bonds. The topological polar surface area (TPSA) is 24.3 Å². The van der Waals surface area contributed by atoms with Gasteiger partial charge in [-0.3, -0.25) is 4.57 Å². The number of nitrogens with zero attached hydrogens (tertiary/aromatic N) is 4. The van der Waals surface area contributed by atoms with Gasteiger partial charge in [0, 0.05) is 56.2 Å². The molecule has 11 rings (SSSR count). The highest BCUT2D eigenvalue weighted by atomic mass is 15.2. The lowest BCUT2D eigenvalue weighted by Crippen LogP contribution is -2.10. The number of para-hydroxylation sites is 4. The van der Waals surface area contributed by atoms with Gasteiger partial charge in [0.15, 0.2) is 0 Å². The third-order valence-electron chi connectivity index (χ3n) is 11.8. The molecule has 0 aliphatic heterocycles. The van der Waals surface area contributed by atoms with Crippen LogP contribution in [0, 0.1) is 5.92 Å². The second-order valence-electron chi connectivity index (χ2n) is 15.7. The Hall–Kier alpha value is -7.69. The number of hydrogen-bond donors (Lipinski definition) is 0. The fourth-order valence-electron chi connectivity index (χ4n) is 9.00. The van der Waals surface area contributed by atoms with Gasteiger partial charge in [-0.25, -0.2) is 4.98 Å². The second-order valence-corrected chi connectivity index (χ2v) is 15.7. The number of hydrogen-bond acceptors (Lipinski definition) is 3. The third kappa shape index (κ3) is 6.13. The van der Waals surface area contributed by atoms with Crippen molar-refractivity contribution in [2.75, 3.05) is 9.80 Å². The van der Waals surface area contributed by atoms with Gasteiger partial charge in [-0.2, -0.15) is 0 Å². The molecule has 1 aliphatic carbocycles. The summed E-state index contributed by atoms with van der Waals surface area (Å²) in [6, 6.07) is 71.7. The molecule has 0 saturated heterocycles. The number of benzene rings is 9. The van der Waals surface area contributed by atoms with Crippen molar-refractivity contribution in [1.29, 1.82) is 0 Å². The van der Waals surface area contributed by atoms with Crippen molar-refractivity contribution in [2.24, 2.45) is 5.92 Å². The van der Waals surface area contributed by atoms with Crippen LogP contribution in [0.4, 0.5) is 34.1 Å². The highest BCUT2D eigenvalue weighted by molar-refractivity contribution is 6.26. The van der Waals surface area contributed by atoms with Crippen molar-refractivity contribution in [2.45, 2.75) is 13.3 Å². The van der Waals surface area contributed by atoms with E-state index in [1.165, 1.54) is 16.2 Å². The Morgan fingerprint density at radius 1 is 0.467 bits per heavy atom. The van der Waals surface area contributed by atoms with E-state index >= 15 is 0 Å². The zero-order valence-electron chi connectivity index (χ0n) is 33.4. The molecule has 0 saturated carbocycles. The van der Waals surface area contributed by atoms with E-state index in [4.69, 9.17) is 4.98 Å². The molecule has 0 radical (unpaired) electrons. The molecule has 0 fully saturated rings. The molecule has 0 N–H and O–H groups in total. The number of imidazole rings is 1. The van der Waals surface area contributed by atoms with Crippen LogP contribution in [-0.4, -0.2) is 9.55 Å². The van der Waals surface area contributed by atoms with E-state index in [-0.39, 0.29) is 0 Å². The lowest BCUT2D eigenvalue weighted by molar-refractivity contribution is 0.735. The van der Waals surface area contributed by atoms with Gasteiger partial charge in [-0.15, -0.1) is 0 Å². The van der Waals surface area contributed by atoms with E-state index in [1.807, 2.05) is 0 Å². The smallest absolute Gasteiger partial charge is 0.146 e. The summed E-state index contributed by atoms with van der Waals surface area (Å²) < 4.78 is 2.44. The highest BCUT2D eigenvalue weighted by Crippen LogP contribution is 2.46. The van der Waals surface area contributed by atoms with Gasteiger partial charge in [0.2, 0.25) is 0 Å². The summed E-state index contributed by atoms with van der Waals surface area (Å²) in [5, 5.41) is 6.97. The maximum Gasteiger partial charge on any atom is 0.146 e. The molecule has 1 heterocycles. The van der Waals surface area contributed by atoms with Crippen LogP contribution in [0.25, 0.3) is 60.4 Å². The van der Waals surface area contributed by atoms with Gasteiger partial charge in [-0.05, 0) is 113 Å². The molecule has 60 heavy (non-hydrogen) atoms. The first kappa shape index (κ1) is 35.5. The third-order valence-corrected chi connectivity index (χ3v) is 11.8. The van der Waals surface area contributed by atoms with Gasteiger partial charge >= 0.3 is 0 Å². The van der Waals surface area contributed by atoms with Crippen LogP contribution in [0.1, 0.15) is 13.3 Å². The monoisotopic (exact) mass is 770 g/mol. The average molecular weight is 771 g/mol. The molecule has 4 heteroatoms. The summed E-state index contributed by atoms with van der Waals surface area (Å²) in [5.74, 6) is 1.39. The number of aromatic nitrogens is 2. The Morgan fingerprint density at radius 3 is 1.52 bits per heavy atom. The maximum absolute atomic E-state index is 5.80. The van der Waals surface area contributed by atoms with Crippen LogP contribution in [-0.2, 0) is 0 Å². The Kier molecular flexibility index (Phi) is 8.82. The largest absolute Gasteiger partial charge is 0.310 e. The zero-order valence-corrected chi connectivity index (χ0v) is 33.4. The van der Waals surface area contributed by atoms with Crippen molar-refractivity contribution in [3.8, 4) is 11.4 Å². The van der Waals surface area contributed by atoms with Crippen LogP contribution in [0.3, 0.4) is 0 Å². The fourth-order valence-corrected chi connectivity index (χ4v) is 9.00. The first-order valence-electron chi connectivity index (χ1n) is 20.8. The molecule has 0 bridgehead atoms. The predicted molar refractivity (Wildman–Crippen MR) is 254 cm³/mol. The second kappa shape index (κ2) is 14.9. The van der Waals surface area contributed by atoms with Crippen molar-refractivity contribution in [3.05, 3.63) is 218 Å². The van der Waals surface area contributed by atoms with Crippen molar-refractivity contribution in [3.63, 3.8) is 0 Å². The Morgan fingerprint density at radius 2 is 0.967 bits per heavy atom. The van der Waals surface area contributed by atoms with Gasteiger partial charge in [0.25, 0.3) is 0 Å². The number of fused-ring (bicyclic) bond motifs is 7. The summed E-state index contributed by atoms with van der Waals surface area (Å²) in [4.78, 5) is 10.5. The molecular formula is C56H42N4. The molecule has 10 aromatic rings. The van der Waals surface area contributed by atoms with Crippen LogP contribution >= 0.6 is 0 Å². The molecule has 1 aliphatic rings. The molecule has 1 aromatic heterocycles. The Balaban J connectivity index is 1.27. The van der Waals surface area contributed by atoms with E-state index < -0.39 is 0 Å². The van der Waals surface area contributed by atoms with Crippen LogP contribution in [0.2, 0.25) is 0 Å². The van der Waals surface area contributed by atoms with Crippen molar-refractivity contribution in [1.82, 2.24) is 9.55 Å². The summed E-state index contributed by atoms with van der Waals surface area (Å²) in [6.07, 6.45) is 7.99. The van der Waals surface area contributed by atoms with Gasteiger partial charge in [-0.1, -0.05) is 146 Å². The molecule has 4 nitrogen and oxygen atoms in total. The lowest BCUT2D eigenvalue weighted by Gasteiger charge is -2.27. The molecule has 0 spiro atoms. The minimum Gasteiger partial charge on any atom is -0.310 e. The number of rotatable bonds is 8. The summed E-state index contributed by atoms with van der Waals surface area (Å²) in [6.45, 7) is 2.28. The van der Waals surface area contributed by atoms with Crippen molar-refractivity contribution < 1.29 is 0 Å². The first-order valence-corrected chi connectivity index (χ1v) is 20.8. The molecule has 1 unspecified atom stereocenters. The van der Waals surface area contributed by atoms with E-state index in [0.717, 1.165) is 84.8 Å². The normalized spacial score (nSPS) is 13.9. The van der Waals surface area contributed by atoms with Crippen LogP contribution in [0.15, 0.2) is 218 Å². The van der Waals surface area contributed by atoms with Gasteiger partial charge in [0.1, 0.15) is 5.82 Å². The lowest BCUT2D eigenvalue weighted by atomic mass is 9.97. The first-order chi connectivity index (χ1) is 29.7. The van der Waals surface area contributed by atoms with E-state index in [1.54, 1.807) is 0 Å².